The topological polar surface area (TPSA) is 156 Å². The number of alkyl carbamates (subject to hydrolysis) is 1. The number of benzene rings is 3. The van der Waals surface area contributed by atoms with Crippen molar-refractivity contribution in [3.8, 4) is 11.3 Å². The molecule has 1 atom stereocenters. The molecule has 3 aromatic carbocycles. The first-order chi connectivity index (χ1) is 23.4. The van der Waals surface area contributed by atoms with Crippen molar-refractivity contribution in [1.82, 2.24) is 25.9 Å². The van der Waals surface area contributed by atoms with Crippen LogP contribution in [0.5, 0.6) is 0 Å². The van der Waals surface area contributed by atoms with Crippen molar-refractivity contribution in [2.45, 2.75) is 51.9 Å². The standard InChI is InChI=1S/C35H40Cl2N6O6/c1-35(2,3)49-33(45)39-20-24-10-13-26(36)19-25(24)21-38-32(44)41-28(18-22-8-6-5-7-9-22)31-42-29(30(37)43-31)23-11-14-27(15-12-23)40-34(46)48-17-16-47-4/h5-15,19,28H,16-18,20-21H2,1-4H3,(H,39,45)(H,40,46)(H,42,43)(H2,38,41,44)/t28-/m0/s1. The Bertz CT molecular complexity index is 1710. The number of nitrogens with one attached hydrogen (secondary N) is 5. The van der Waals surface area contributed by atoms with Crippen LogP contribution < -0.4 is 21.3 Å². The maximum Gasteiger partial charge on any atom is 0.411 e. The summed E-state index contributed by atoms with van der Waals surface area (Å²) in [5.74, 6) is 0.452. The van der Waals surface area contributed by atoms with Gasteiger partial charge in [0.2, 0.25) is 0 Å². The van der Waals surface area contributed by atoms with Crippen molar-refractivity contribution in [1.29, 1.82) is 0 Å². The van der Waals surface area contributed by atoms with E-state index in [1.807, 2.05) is 30.3 Å². The van der Waals surface area contributed by atoms with Gasteiger partial charge in [0.25, 0.3) is 0 Å². The number of aromatic nitrogens is 2. The Labute approximate surface area is 295 Å². The van der Waals surface area contributed by atoms with Crippen LogP contribution in [-0.2, 0) is 33.7 Å². The Hall–Kier alpha value is -4.78. The summed E-state index contributed by atoms with van der Waals surface area (Å²) in [6.45, 7) is 6.12. The minimum atomic E-state index is -0.634. The van der Waals surface area contributed by atoms with E-state index in [1.165, 1.54) is 7.11 Å². The van der Waals surface area contributed by atoms with Gasteiger partial charge in [-0.05, 0) is 68.1 Å². The first-order valence-electron chi connectivity index (χ1n) is 15.5. The molecule has 12 nitrogen and oxygen atoms in total. The van der Waals surface area contributed by atoms with Crippen LogP contribution in [0.15, 0.2) is 72.8 Å². The number of halogens is 2. The molecule has 1 aromatic heterocycles. The number of carbonyl (C=O) groups excluding carboxylic acids is 3. The van der Waals surface area contributed by atoms with Crippen molar-refractivity contribution in [2.75, 3.05) is 25.6 Å². The number of hydrogen-bond acceptors (Lipinski definition) is 7. The van der Waals surface area contributed by atoms with Gasteiger partial charge in [0.15, 0.2) is 0 Å². The highest BCUT2D eigenvalue weighted by Crippen LogP contribution is 2.29. The van der Waals surface area contributed by atoms with Crippen LogP contribution in [0, 0.1) is 0 Å². The van der Waals surface area contributed by atoms with E-state index in [4.69, 9.17) is 42.4 Å². The van der Waals surface area contributed by atoms with Crippen molar-refractivity contribution < 1.29 is 28.6 Å². The quantitative estimate of drug-likeness (QED) is 0.0906. The van der Waals surface area contributed by atoms with Crippen molar-refractivity contribution in [3.05, 3.63) is 105 Å². The van der Waals surface area contributed by atoms with Gasteiger partial charge in [-0.1, -0.05) is 71.7 Å². The maximum absolute atomic E-state index is 13.3. The predicted octanol–water partition coefficient (Wildman–Crippen LogP) is 7.39. The Morgan fingerprint density at radius 3 is 2.29 bits per heavy atom. The van der Waals surface area contributed by atoms with Gasteiger partial charge in [-0.15, -0.1) is 0 Å². The van der Waals surface area contributed by atoms with Gasteiger partial charge in [-0.2, -0.15) is 0 Å². The molecule has 0 aliphatic rings. The van der Waals surface area contributed by atoms with E-state index in [0.717, 1.165) is 16.7 Å². The highest BCUT2D eigenvalue weighted by molar-refractivity contribution is 6.32. The third kappa shape index (κ3) is 12.0. The molecule has 260 valence electrons. The van der Waals surface area contributed by atoms with E-state index < -0.39 is 29.9 Å². The molecule has 0 unspecified atom stereocenters. The Kier molecular flexibility index (Phi) is 13.3. The molecule has 0 saturated carbocycles. The molecule has 49 heavy (non-hydrogen) atoms. The number of rotatable bonds is 13. The van der Waals surface area contributed by atoms with Crippen LogP contribution >= 0.6 is 23.2 Å². The zero-order valence-corrected chi connectivity index (χ0v) is 29.2. The third-order valence-corrected chi connectivity index (χ3v) is 7.46. The summed E-state index contributed by atoms with van der Waals surface area (Å²) >= 11 is 12.9. The normalized spacial score (nSPS) is 11.7. The lowest BCUT2D eigenvalue weighted by molar-refractivity contribution is 0.0523. The second kappa shape index (κ2) is 17.6. The lowest BCUT2D eigenvalue weighted by Crippen LogP contribution is -2.39. The lowest BCUT2D eigenvalue weighted by Gasteiger charge is -2.20. The predicted molar refractivity (Wildman–Crippen MR) is 189 cm³/mol. The van der Waals surface area contributed by atoms with E-state index in [2.05, 4.69) is 26.3 Å². The molecule has 0 fully saturated rings. The van der Waals surface area contributed by atoms with E-state index in [-0.39, 0.29) is 24.8 Å². The smallest absolute Gasteiger partial charge is 0.411 e. The highest BCUT2D eigenvalue weighted by Gasteiger charge is 2.22. The fourth-order valence-electron chi connectivity index (χ4n) is 4.67. The van der Waals surface area contributed by atoms with Crippen molar-refractivity contribution >= 4 is 47.1 Å². The van der Waals surface area contributed by atoms with E-state index in [0.29, 0.717) is 40.8 Å². The van der Waals surface area contributed by atoms with Crippen LogP contribution in [0.25, 0.3) is 11.3 Å². The molecule has 5 N–H and O–H groups in total. The molecular weight excluding hydrogens is 671 g/mol. The largest absolute Gasteiger partial charge is 0.447 e. The summed E-state index contributed by atoms with van der Waals surface area (Å²) in [6.07, 6.45) is -0.722. The third-order valence-electron chi connectivity index (χ3n) is 6.95. The number of amides is 4. The minimum absolute atomic E-state index is 0.136. The fraction of sp³-hybridized carbons (Fsp3) is 0.314. The molecule has 0 saturated heterocycles. The van der Waals surface area contributed by atoms with Crippen LogP contribution in [0.2, 0.25) is 10.2 Å². The number of urea groups is 1. The second-order valence-electron chi connectivity index (χ2n) is 12.0. The van der Waals surface area contributed by atoms with E-state index >= 15 is 0 Å². The molecule has 4 amide bonds. The number of methoxy groups -OCH3 is 1. The van der Waals surface area contributed by atoms with Crippen molar-refractivity contribution in [3.63, 3.8) is 0 Å². The number of hydrogen-bond donors (Lipinski definition) is 5. The molecule has 4 rings (SSSR count). The maximum atomic E-state index is 13.3. The van der Waals surface area contributed by atoms with Gasteiger partial charge >= 0.3 is 18.2 Å². The molecule has 0 aliphatic carbocycles. The monoisotopic (exact) mass is 710 g/mol. The summed E-state index contributed by atoms with van der Waals surface area (Å²) in [5.41, 5.74) is 3.54. The van der Waals surface area contributed by atoms with E-state index in [9.17, 15) is 14.4 Å². The molecule has 0 bridgehead atoms. The summed E-state index contributed by atoms with van der Waals surface area (Å²) < 4.78 is 15.3. The van der Waals surface area contributed by atoms with E-state index in [1.54, 1.807) is 63.2 Å². The summed E-state index contributed by atoms with van der Waals surface area (Å²) in [5, 5.41) is 12.1. The fourth-order valence-corrected chi connectivity index (χ4v) is 5.12. The Morgan fingerprint density at radius 1 is 0.878 bits per heavy atom. The first-order valence-corrected chi connectivity index (χ1v) is 16.3. The van der Waals surface area contributed by atoms with Crippen LogP contribution in [0.4, 0.5) is 20.1 Å². The molecule has 1 heterocycles. The molecule has 0 radical (unpaired) electrons. The lowest BCUT2D eigenvalue weighted by atomic mass is 10.1. The zero-order chi connectivity index (χ0) is 35.4. The van der Waals surface area contributed by atoms with Gasteiger partial charge in [0, 0.05) is 36.5 Å². The number of ether oxygens (including phenoxy) is 3. The summed E-state index contributed by atoms with van der Waals surface area (Å²) in [7, 11) is 1.52. The van der Waals surface area contributed by atoms with Crippen LogP contribution in [-0.4, -0.2) is 54.1 Å². The number of imidazole rings is 1. The molecule has 4 aromatic rings. The average Bonchev–Trinajstić information content (AvgIpc) is 3.44. The summed E-state index contributed by atoms with van der Waals surface area (Å²) in [6, 6.07) is 20.8. The number of anilines is 1. The highest BCUT2D eigenvalue weighted by atomic mass is 35.5. The summed E-state index contributed by atoms with van der Waals surface area (Å²) in [4.78, 5) is 45.4. The Morgan fingerprint density at radius 2 is 1.59 bits per heavy atom. The van der Waals surface area contributed by atoms with Crippen LogP contribution in [0.3, 0.4) is 0 Å². The Balaban J connectivity index is 1.46. The zero-order valence-electron chi connectivity index (χ0n) is 27.7. The van der Waals surface area contributed by atoms with Gasteiger partial charge in [0.1, 0.15) is 28.9 Å². The van der Waals surface area contributed by atoms with Gasteiger partial charge in [0.05, 0.1) is 12.6 Å². The molecule has 0 aliphatic heterocycles. The minimum Gasteiger partial charge on any atom is -0.447 e. The molecule has 14 heteroatoms. The number of H-pyrrole nitrogens is 1. The second-order valence-corrected chi connectivity index (χ2v) is 12.8. The van der Waals surface area contributed by atoms with Crippen LogP contribution in [0.1, 0.15) is 49.3 Å². The molecular formula is C35H40Cl2N6O6. The number of aromatic amines is 1. The average molecular weight is 712 g/mol. The first kappa shape index (κ1) is 37.0. The van der Waals surface area contributed by atoms with Crippen molar-refractivity contribution in [2.24, 2.45) is 0 Å². The van der Waals surface area contributed by atoms with Gasteiger partial charge in [-0.25, -0.2) is 19.4 Å². The number of nitrogens with zero attached hydrogens (tertiary/aromatic N) is 1. The SMILES string of the molecule is COCCOC(=O)Nc1ccc(-c2nc([C@H](Cc3ccccc3)NC(=O)NCc3cc(Cl)ccc3CNC(=O)OC(C)(C)C)[nH]c2Cl)cc1. The van der Waals surface area contributed by atoms with Gasteiger partial charge in [-0.3, -0.25) is 5.32 Å². The number of carbonyl (C=O) groups is 3. The van der Waals surface area contributed by atoms with Gasteiger partial charge < -0.3 is 35.1 Å². The molecule has 0 spiro atoms.